The third-order valence-electron chi connectivity index (χ3n) is 3.25. The summed E-state index contributed by atoms with van der Waals surface area (Å²) in [5.41, 5.74) is 2.46. The van der Waals surface area contributed by atoms with Gasteiger partial charge in [0, 0.05) is 11.7 Å². The number of nitrogens with one attached hydrogen (secondary N) is 1. The fourth-order valence-electron chi connectivity index (χ4n) is 1.87. The molecule has 1 aromatic carbocycles. The molecular weight excluding hydrogens is 202 g/mol. The fourth-order valence-corrected chi connectivity index (χ4v) is 1.87. The number of anilines is 1. The van der Waals surface area contributed by atoms with Gasteiger partial charge in [0.05, 0.1) is 5.56 Å². The van der Waals surface area contributed by atoms with Gasteiger partial charge in [0.1, 0.15) is 0 Å². The molecule has 2 rings (SSSR count). The van der Waals surface area contributed by atoms with Crippen LogP contribution < -0.4 is 5.32 Å². The van der Waals surface area contributed by atoms with Crippen LogP contribution in [0.2, 0.25) is 0 Å². The predicted octanol–water partition coefficient (Wildman–Crippen LogP) is 2.90. The second kappa shape index (κ2) is 3.51. The summed E-state index contributed by atoms with van der Waals surface area (Å²) in [7, 11) is 0. The Balaban J connectivity index is 2.25. The van der Waals surface area contributed by atoms with Gasteiger partial charge >= 0.3 is 5.97 Å². The largest absolute Gasteiger partial charge is 0.478 e. The zero-order valence-corrected chi connectivity index (χ0v) is 9.87. The molecule has 1 atom stereocenters. The van der Waals surface area contributed by atoms with Crippen LogP contribution in [0.25, 0.3) is 0 Å². The van der Waals surface area contributed by atoms with Crippen molar-refractivity contribution in [2.24, 2.45) is 5.41 Å². The summed E-state index contributed by atoms with van der Waals surface area (Å²) in [6.07, 6.45) is 1.10. The molecule has 0 aromatic heterocycles. The number of rotatable bonds is 3. The summed E-state index contributed by atoms with van der Waals surface area (Å²) in [6.45, 7) is 6.33. The Morgan fingerprint density at radius 2 is 2.12 bits per heavy atom. The highest BCUT2D eigenvalue weighted by Crippen LogP contribution is 2.46. The molecule has 3 nitrogen and oxygen atoms in total. The van der Waals surface area contributed by atoms with Crippen LogP contribution in [0.1, 0.15) is 36.2 Å². The lowest BCUT2D eigenvalue weighted by atomic mass is 10.1. The molecule has 0 radical (unpaired) electrons. The molecule has 1 aliphatic carbocycles. The molecule has 86 valence electrons. The summed E-state index contributed by atoms with van der Waals surface area (Å²) in [4.78, 5) is 11.1. The average Bonchev–Trinajstić information content (AvgIpc) is 2.72. The molecule has 0 bridgehead atoms. The Morgan fingerprint density at radius 1 is 1.50 bits per heavy atom. The normalized spacial score (nSPS) is 21.6. The first-order chi connectivity index (χ1) is 7.40. The van der Waals surface area contributed by atoms with Crippen molar-refractivity contribution in [3.05, 3.63) is 29.3 Å². The first-order valence-electron chi connectivity index (χ1n) is 5.50. The van der Waals surface area contributed by atoms with Gasteiger partial charge in [0.2, 0.25) is 0 Å². The minimum atomic E-state index is -0.874. The van der Waals surface area contributed by atoms with E-state index < -0.39 is 5.97 Å². The third kappa shape index (κ3) is 2.03. The van der Waals surface area contributed by atoms with Crippen molar-refractivity contribution in [3.63, 3.8) is 0 Å². The van der Waals surface area contributed by atoms with Gasteiger partial charge in [0.25, 0.3) is 0 Å². The van der Waals surface area contributed by atoms with E-state index in [9.17, 15) is 4.79 Å². The first kappa shape index (κ1) is 11.0. The Bertz CT molecular complexity index is 438. The van der Waals surface area contributed by atoms with Gasteiger partial charge in [-0.25, -0.2) is 4.79 Å². The smallest absolute Gasteiger partial charge is 0.337 e. The third-order valence-corrected chi connectivity index (χ3v) is 3.25. The van der Waals surface area contributed by atoms with Crippen LogP contribution in [-0.4, -0.2) is 17.1 Å². The molecule has 1 aromatic rings. The summed E-state index contributed by atoms with van der Waals surface area (Å²) >= 11 is 0. The van der Waals surface area contributed by atoms with Gasteiger partial charge in [-0.15, -0.1) is 0 Å². The van der Waals surface area contributed by atoms with E-state index in [0.29, 0.717) is 17.0 Å². The Morgan fingerprint density at radius 3 is 2.62 bits per heavy atom. The molecule has 1 saturated carbocycles. The molecule has 1 fully saturated rings. The van der Waals surface area contributed by atoms with Gasteiger partial charge in [-0.3, -0.25) is 0 Å². The summed E-state index contributed by atoms with van der Waals surface area (Å²) in [6, 6.07) is 5.78. The highest BCUT2D eigenvalue weighted by molar-refractivity contribution is 5.94. The quantitative estimate of drug-likeness (QED) is 0.821. The number of aromatic carboxylic acids is 1. The van der Waals surface area contributed by atoms with Crippen molar-refractivity contribution < 1.29 is 9.90 Å². The molecule has 0 heterocycles. The number of carboxylic acids is 1. The second-order valence-electron chi connectivity index (χ2n) is 5.24. The monoisotopic (exact) mass is 219 g/mol. The van der Waals surface area contributed by atoms with Gasteiger partial charge in [0.15, 0.2) is 0 Å². The van der Waals surface area contributed by atoms with Gasteiger partial charge < -0.3 is 10.4 Å². The predicted molar refractivity (Wildman–Crippen MR) is 63.9 cm³/mol. The van der Waals surface area contributed by atoms with E-state index in [1.165, 1.54) is 0 Å². The van der Waals surface area contributed by atoms with Crippen LogP contribution in [0.4, 0.5) is 5.69 Å². The molecule has 0 spiro atoms. The zero-order chi connectivity index (χ0) is 11.9. The zero-order valence-electron chi connectivity index (χ0n) is 9.87. The maximum Gasteiger partial charge on any atom is 0.337 e. The highest BCUT2D eigenvalue weighted by Gasteiger charge is 2.45. The topological polar surface area (TPSA) is 49.3 Å². The molecule has 0 saturated heterocycles. The van der Waals surface area contributed by atoms with Crippen LogP contribution in [0.5, 0.6) is 0 Å². The van der Waals surface area contributed by atoms with Gasteiger partial charge in [-0.05, 0) is 36.5 Å². The lowest BCUT2D eigenvalue weighted by molar-refractivity contribution is 0.0698. The van der Waals surface area contributed by atoms with Crippen LogP contribution in [0.3, 0.4) is 0 Å². The summed E-state index contributed by atoms with van der Waals surface area (Å²) in [5.74, 6) is -0.874. The number of aryl methyl sites for hydroxylation is 1. The van der Waals surface area contributed by atoms with Crippen molar-refractivity contribution in [2.45, 2.75) is 33.2 Å². The van der Waals surface area contributed by atoms with E-state index in [1.807, 2.05) is 19.1 Å². The van der Waals surface area contributed by atoms with Crippen molar-refractivity contribution in [2.75, 3.05) is 5.32 Å². The first-order valence-corrected chi connectivity index (χ1v) is 5.50. The lowest BCUT2D eigenvalue weighted by Crippen LogP contribution is -2.12. The van der Waals surface area contributed by atoms with Crippen molar-refractivity contribution >= 4 is 11.7 Å². The van der Waals surface area contributed by atoms with E-state index in [4.69, 9.17) is 5.11 Å². The Kier molecular flexibility index (Phi) is 2.41. The molecule has 3 heteroatoms. The minimum Gasteiger partial charge on any atom is -0.478 e. The van der Waals surface area contributed by atoms with Crippen LogP contribution in [-0.2, 0) is 0 Å². The molecule has 16 heavy (non-hydrogen) atoms. The molecule has 0 amide bonds. The van der Waals surface area contributed by atoms with E-state index >= 15 is 0 Å². The molecule has 0 aliphatic heterocycles. The van der Waals surface area contributed by atoms with Crippen LogP contribution in [0, 0.1) is 12.3 Å². The van der Waals surface area contributed by atoms with Crippen LogP contribution in [0.15, 0.2) is 18.2 Å². The molecule has 2 N–H and O–H groups in total. The molecule has 1 unspecified atom stereocenters. The van der Waals surface area contributed by atoms with Crippen molar-refractivity contribution in [1.82, 2.24) is 0 Å². The van der Waals surface area contributed by atoms with E-state index in [1.54, 1.807) is 6.07 Å². The van der Waals surface area contributed by atoms with E-state index in [-0.39, 0.29) is 0 Å². The van der Waals surface area contributed by atoms with Crippen molar-refractivity contribution in [1.29, 1.82) is 0 Å². The molecule has 1 aliphatic rings. The fraction of sp³-hybridized carbons (Fsp3) is 0.462. The number of carbonyl (C=O) groups is 1. The number of hydrogen-bond acceptors (Lipinski definition) is 2. The lowest BCUT2D eigenvalue weighted by Gasteiger charge is -2.11. The van der Waals surface area contributed by atoms with Gasteiger partial charge in [-0.1, -0.05) is 19.9 Å². The highest BCUT2D eigenvalue weighted by atomic mass is 16.4. The molecular formula is C13H17NO2. The average molecular weight is 219 g/mol. The summed E-state index contributed by atoms with van der Waals surface area (Å²) < 4.78 is 0. The van der Waals surface area contributed by atoms with Crippen molar-refractivity contribution in [3.8, 4) is 0 Å². The van der Waals surface area contributed by atoms with Gasteiger partial charge in [-0.2, -0.15) is 0 Å². The standard InChI is InChI=1S/C13H17NO2/c1-8-4-5-9(12(15)16)10(6-8)14-11-7-13(11,2)3/h4-6,11,14H,7H2,1-3H3,(H,15,16). The summed E-state index contributed by atoms with van der Waals surface area (Å²) in [5, 5.41) is 12.4. The number of hydrogen-bond donors (Lipinski definition) is 2. The number of carboxylic acid groups (broad SMARTS) is 1. The SMILES string of the molecule is Cc1ccc(C(=O)O)c(NC2CC2(C)C)c1. The number of benzene rings is 1. The van der Waals surface area contributed by atoms with E-state index in [0.717, 1.165) is 17.7 Å². The second-order valence-corrected chi connectivity index (χ2v) is 5.24. The maximum atomic E-state index is 11.1. The van der Waals surface area contributed by atoms with E-state index in [2.05, 4.69) is 19.2 Å². The maximum absolute atomic E-state index is 11.1. The van der Waals surface area contributed by atoms with Crippen LogP contribution >= 0.6 is 0 Å². The minimum absolute atomic E-state index is 0.291. The Hall–Kier alpha value is -1.51. The Labute approximate surface area is 95.5 Å².